The van der Waals surface area contributed by atoms with E-state index in [2.05, 4.69) is 20.9 Å². The predicted molar refractivity (Wildman–Crippen MR) is 80.7 cm³/mol. The molecule has 6 nitrogen and oxygen atoms in total. The van der Waals surface area contributed by atoms with Crippen LogP contribution in [0, 0.1) is 12.8 Å². The summed E-state index contributed by atoms with van der Waals surface area (Å²) in [7, 11) is 0. The van der Waals surface area contributed by atoms with Gasteiger partial charge in [0.25, 0.3) is 0 Å². The standard InChI is InChI=1S/C11H19N5OS2/c1-5-19-11-14-13-8(4)16(11)15-10(18)12-9(17)6-7(2)3/h7H,5-6H2,1-4H3,(H2,12,15,17,18). The third kappa shape index (κ3) is 5.15. The molecule has 0 saturated heterocycles. The first-order valence-electron chi connectivity index (χ1n) is 6.09. The Morgan fingerprint density at radius 3 is 2.74 bits per heavy atom. The van der Waals surface area contributed by atoms with Crippen molar-refractivity contribution in [3.05, 3.63) is 5.82 Å². The van der Waals surface area contributed by atoms with E-state index in [1.54, 1.807) is 16.4 Å². The average molecular weight is 301 g/mol. The number of aromatic nitrogens is 3. The van der Waals surface area contributed by atoms with E-state index in [0.29, 0.717) is 18.2 Å². The van der Waals surface area contributed by atoms with Crippen LogP contribution in [-0.2, 0) is 4.79 Å². The minimum atomic E-state index is -0.0945. The van der Waals surface area contributed by atoms with Crippen LogP contribution < -0.4 is 10.7 Å². The van der Waals surface area contributed by atoms with Gasteiger partial charge in [-0.05, 0) is 30.8 Å². The molecule has 106 valence electrons. The average Bonchev–Trinajstić information content (AvgIpc) is 2.60. The number of carbonyl (C=O) groups excluding carboxylic acids is 1. The predicted octanol–water partition coefficient (Wildman–Crippen LogP) is 1.69. The molecule has 8 heteroatoms. The van der Waals surface area contributed by atoms with Crippen LogP contribution in [0.25, 0.3) is 0 Å². The van der Waals surface area contributed by atoms with Crippen LogP contribution in [0.3, 0.4) is 0 Å². The van der Waals surface area contributed by atoms with E-state index in [-0.39, 0.29) is 11.0 Å². The van der Waals surface area contributed by atoms with E-state index >= 15 is 0 Å². The van der Waals surface area contributed by atoms with E-state index in [4.69, 9.17) is 12.2 Å². The first-order valence-corrected chi connectivity index (χ1v) is 7.49. The summed E-state index contributed by atoms with van der Waals surface area (Å²) in [6.07, 6.45) is 0.444. The highest BCUT2D eigenvalue weighted by molar-refractivity contribution is 7.99. The molecule has 0 fully saturated rings. The number of thioether (sulfide) groups is 1. The van der Waals surface area contributed by atoms with Crippen molar-refractivity contribution >= 4 is 35.0 Å². The third-order valence-electron chi connectivity index (χ3n) is 2.13. The fraction of sp³-hybridized carbons (Fsp3) is 0.636. The Bertz CT molecular complexity index is 458. The number of hydrogen-bond acceptors (Lipinski definition) is 5. The molecule has 0 bridgehead atoms. The van der Waals surface area contributed by atoms with Crippen LogP contribution in [0.4, 0.5) is 0 Å². The lowest BCUT2D eigenvalue weighted by atomic mass is 10.1. The number of rotatable bonds is 5. The number of hydrogen-bond donors (Lipinski definition) is 2. The van der Waals surface area contributed by atoms with E-state index in [1.807, 2.05) is 27.7 Å². The van der Waals surface area contributed by atoms with Gasteiger partial charge in [0.2, 0.25) is 11.1 Å². The van der Waals surface area contributed by atoms with Gasteiger partial charge in [0.05, 0.1) is 0 Å². The first-order chi connectivity index (χ1) is 8.93. The molecular formula is C11H19N5OS2. The van der Waals surface area contributed by atoms with Crippen molar-refractivity contribution in [1.29, 1.82) is 0 Å². The zero-order valence-corrected chi connectivity index (χ0v) is 13.2. The van der Waals surface area contributed by atoms with Crippen LogP contribution in [0.5, 0.6) is 0 Å². The van der Waals surface area contributed by atoms with Crippen molar-refractivity contribution in [1.82, 2.24) is 20.2 Å². The van der Waals surface area contributed by atoms with Gasteiger partial charge >= 0.3 is 0 Å². The van der Waals surface area contributed by atoms with E-state index in [0.717, 1.165) is 10.9 Å². The number of thiocarbonyl (C=S) groups is 1. The summed E-state index contributed by atoms with van der Waals surface area (Å²) >= 11 is 6.65. The van der Waals surface area contributed by atoms with E-state index in [1.165, 1.54) is 0 Å². The molecule has 1 aromatic rings. The van der Waals surface area contributed by atoms with E-state index in [9.17, 15) is 4.79 Å². The zero-order chi connectivity index (χ0) is 14.4. The van der Waals surface area contributed by atoms with Crippen molar-refractivity contribution in [2.24, 2.45) is 5.92 Å². The van der Waals surface area contributed by atoms with Crippen molar-refractivity contribution < 1.29 is 4.79 Å². The summed E-state index contributed by atoms with van der Waals surface area (Å²) < 4.78 is 1.67. The highest BCUT2D eigenvalue weighted by Crippen LogP contribution is 2.14. The molecule has 0 radical (unpaired) electrons. The molecule has 0 unspecified atom stereocenters. The Hall–Kier alpha value is -1.15. The molecule has 0 aromatic carbocycles. The summed E-state index contributed by atoms with van der Waals surface area (Å²) in [5, 5.41) is 11.6. The monoisotopic (exact) mass is 301 g/mol. The fourth-order valence-electron chi connectivity index (χ4n) is 1.37. The maximum Gasteiger partial charge on any atom is 0.226 e. The lowest BCUT2D eigenvalue weighted by Gasteiger charge is -2.13. The maximum absolute atomic E-state index is 11.6. The van der Waals surface area contributed by atoms with Crippen LogP contribution in [-0.4, -0.2) is 31.6 Å². The quantitative estimate of drug-likeness (QED) is 0.637. The molecular weight excluding hydrogens is 282 g/mol. The van der Waals surface area contributed by atoms with Gasteiger partial charge in [-0.1, -0.05) is 32.5 Å². The van der Waals surface area contributed by atoms with Gasteiger partial charge in [0.15, 0.2) is 5.11 Å². The Labute approximate surface area is 122 Å². The fourth-order valence-corrected chi connectivity index (χ4v) is 2.24. The van der Waals surface area contributed by atoms with Crippen LogP contribution in [0.2, 0.25) is 0 Å². The molecule has 0 saturated carbocycles. The van der Waals surface area contributed by atoms with Crippen molar-refractivity contribution in [3.63, 3.8) is 0 Å². The zero-order valence-electron chi connectivity index (χ0n) is 11.6. The maximum atomic E-state index is 11.6. The van der Waals surface area contributed by atoms with Crippen LogP contribution >= 0.6 is 24.0 Å². The molecule has 0 spiro atoms. The van der Waals surface area contributed by atoms with Crippen molar-refractivity contribution in [3.8, 4) is 0 Å². The molecule has 0 aliphatic carbocycles. The second-order valence-electron chi connectivity index (χ2n) is 4.39. The number of nitrogens with one attached hydrogen (secondary N) is 2. The summed E-state index contributed by atoms with van der Waals surface area (Å²) in [4.78, 5) is 11.6. The molecule has 1 aromatic heterocycles. The SMILES string of the molecule is CCSc1nnc(C)n1NC(=S)NC(=O)CC(C)C. The second kappa shape index (κ2) is 7.44. The normalized spacial score (nSPS) is 10.6. The van der Waals surface area contributed by atoms with Crippen molar-refractivity contribution in [2.45, 2.75) is 39.3 Å². The van der Waals surface area contributed by atoms with Gasteiger partial charge in [-0.2, -0.15) is 0 Å². The molecule has 2 N–H and O–H groups in total. The number of aryl methyl sites for hydroxylation is 1. The Morgan fingerprint density at radius 2 is 2.16 bits per heavy atom. The Morgan fingerprint density at radius 1 is 1.47 bits per heavy atom. The number of nitrogens with zero attached hydrogens (tertiary/aromatic N) is 3. The molecule has 1 rings (SSSR count). The van der Waals surface area contributed by atoms with Gasteiger partial charge in [-0.15, -0.1) is 10.2 Å². The van der Waals surface area contributed by atoms with Gasteiger partial charge in [-0.3, -0.25) is 10.2 Å². The summed E-state index contributed by atoms with van der Waals surface area (Å²) in [5.74, 6) is 1.77. The van der Waals surface area contributed by atoms with Crippen LogP contribution in [0.1, 0.15) is 33.0 Å². The van der Waals surface area contributed by atoms with Crippen molar-refractivity contribution in [2.75, 3.05) is 11.2 Å². The van der Waals surface area contributed by atoms with Crippen LogP contribution in [0.15, 0.2) is 5.16 Å². The molecule has 19 heavy (non-hydrogen) atoms. The van der Waals surface area contributed by atoms with Gasteiger partial charge in [-0.25, -0.2) is 4.68 Å². The Kier molecular flexibility index (Phi) is 6.23. The number of carbonyl (C=O) groups is 1. The lowest BCUT2D eigenvalue weighted by Crippen LogP contribution is -2.39. The highest BCUT2D eigenvalue weighted by Gasteiger charge is 2.12. The molecule has 1 amide bonds. The summed E-state index contributed by atoms with van der Waals surface area (Å²) in [5.41, 5.74) is 2.92. The molecule has 0 atom stereocenters. The molecule has 0 aliphatic heterocycles. The minimum Gasteiger partial charge on any atom is -0.302 e. The first kappa shape index (κ1) is 15.9. The smallest absolute Gasteiger partial charge is 0.226 e. The Balaban J connectivity index is 2.61. The second-order valence-corrected chi connectivity index (χ2v) is 6.02. The molecule has 1 heterocycles. The lowest BCUT2D eigenvalue weighted by molar-refractivity contribution is -0.120. The summed E-state index contributed by atoms with van der Waals surface area (Å²) in [6, 6.07) is 0. The third-order valence-corrected chi connectivity index (χ3v) is 3.13. The summed E-state index contributed by atoms with van der Waals surface area (Å²) in [6.45, 7) is 7.81. The minimum absolute atomic E-state index is 0.0945. The van der Waals surface area contributed by atoms with E-state index < -0.39 is 0 Å². The molecule has 0 aliphatic rings. The number of amides is 1. The van der Waals surface area contributed by atoms with Gasteiger partial charge < -0.3 is 5.32 Å². The highest BCUT2D eigenvalue weighted by atomic mass is 32.2. The van der Waals surface area contributed by atoms with Gasteiger partial charge in [0, 0.05) is 6.42 Å². The van der Waals surface area contributed by atoms with Gasteiger partial charge in [0.1, 0.15) is 5.82 Å². The topological polar surface area (TPSA) is 71.8 Å². The largest absolute Gasteiger partial charge is 0.302 e.